The Morgan fingerprint density at radius 3 is 2.59 bits per heavy atom. The first-order chi connectivity index (χ1) is 10.6. The van der Waals surface area contributed by atoms with Crippen LogP contribution in [0.5, 0.6) is 5.75 Å². The summed E-state index contributed by atoms with van der Waals surface area (Å²) >= 11 is 1.24. The second-order valence-corrected chi connectivity index (χ2v) is 4.71. The van der Waals surface area contributed by atoms with Crippen molar-refractivity contribution in [3.05, 3.63) is 57.7 Å². The Bertz CT molecular complexity index is 811. The molecule has 110 valence electrons. The van der Waals surface area contributed by atoms with Crippen molar-refractivity contribution < 1.29 is 18.9 Å². The molecule has 0 atom stereocenters. The third-order valence-corrected chi connectivity index (χ3v) is 3.20. The molecular formula is C13H7N3O5S. The van der Waals surface area contributed by atoms with Gasteiger partial charge in [0, 0.05) is 10.9 Å². The van der Waals surface area contributed by atoms with Crippen molar-refractivity contribution in [2.75, 3.05) is 0 Å². The van der Waals surface area contributed by atoms with E-state index in [1.54, 1.807) is 29.6 Å². The molecule has 9 heteroatoms. The van der Waals surface area contributed by atoms with Gasteiger partial charge in [0.1, 0.15) is 16.4 Å². The molecule has 0 aliphatic rings. The van der Waals surface area contributed by atoms with Crippen LogP contribution in [0.4, 0.5) is 5.88 Å². The first-order valence-corrected chi connectivity index (χ1v) is 6.81. The molecule has 0 saturated carbocycles. The highest BCUT2D eigenvalue weighted by Gasteiger charge is 2.19. The van der Waals surface area contributed by atoms with Crippen LogP contribution in [0.15, 0.2) is 46.2 Å². The van der Waals surface area contributed by atoms with Crippen molar-refractivity contribution in [3.63, 3.8) is 0 Å². The number of hydrogen-bond acceptors (Lipinski definition) is 8. The molecule has 0 bridgehead atoms. The second kappa shape index (κ2) is 5.74. The Morgan fingerprint density at radius 2 is 2.00 bits per heavy atom. The van der Waals surface area contributed by atoms with E-state index in [0.717, 1.165) is 17.3 Å². The molecule has 0 N–H and O–H groups in total. The molecule has 3 rings (SSSR count). The molecule has 0 amide bonds. The van der Waals surface area contributed by atoms with E-state index in [2.05, 4.69) is 9.59 Å². The van der Waals surface area contributed by atoms with Crippen LogP contribution >= 0.6 is 11.5 Å². The monoisotopic (exact) mass is 317 g/mol. The van der Waals surface area contributed by atoms with Crippen molar-refractivity contribution in [3.8, 4) is 17.0 Å². The number of nitrogens with zero attached hydrogens (tertiary/aromatic N) is 3. The van der Waals surface area contributed by atoms with Crippen molar-refractivity contribution in [1.29, 1.82) is 0 Å². The Kier molecular flexibility index (Phi) is 3.62. The predicted molar refractivity (Wildman–Crippen MR) is 75.7 cm³/mol. The number of carbonyl (C=O) groups excluding carboxylic acids is 1. The van der Waals surface area contributed by atoms with Crippen LogP contribution in [0.25, 0.3) is 11.3 Å². The normalized spacial score (nSPS) is 10.4. The molecular weight excluding hydrogens is 310 g/mol. The SMILES string of the molecule is O=C(Oc1ccc(-c2csnn2)cc1)c1ccc([N+](=O)[O-])o1. The van der Waals surface area contributed by atoms with Gasteiger partial charge in [-0.2, -0.15) is 0 Å². The van der Waals surface area contributed by atoms with Gasteiger partial charge in [0.25, 0.3) is 0 Å². The average Bonchev–Trinajstić information content (AvgIpc) is 3.20. The number of nitro groups is 1. The zero-order chi connectivity index (χ0) is 15.5. The van der Waals surface area contributed by atoms with E-state index in [-0.39, 0.29) is 11.5 Å². The van der Waals surface area contributed by atoms with E-state index < -0.39 is 16.8 Å². The van der Waals surface area contributed by atoms with E-state index in [0.29, 0.717) is 0 Å². The minimum atomic E-state index is -0.809. The van der Waals surface area contributed by atoms with Crippen LogP contribution in [0.1, 0.15) is 10.6 Å². The van der Waals surface area contributed by atoms with E-state index in [4.69, 9.17) is 9.15 Å². The molecule has 0 unspecified atom stereocenters. The quantitative estimate of drug-likeness (QED) is 0.315. The summed E-state index contributed by atoms with van der Waals surface area (Å²) in [6.07, 6.45) is 0. The minimum absolute atomic E-state index is 0.237. The fourth-order valence-corrected chi connectivity index (χ4v) is 2.14. The molecule has 22 heavy (non-hydrogen) atoms. The van der Waals surface area contributed by atoms with Gasteiger partial charge >= 0.3 is 11.9 Å². The summed E-state index contributed by atoms with van der Waals surface area (Å²) in [4.78, 5) is 21.6. The van der Waals surface area contributed by atoms with Crippen molar-refractivity contribution in [2.24, 2.45) is 0 Å². The number of benzene rings is 1. The van der Waals surface area contributed by atoms with E-state index in [1.807, 2.05) is 0 Å². The van der Waals surface area contributed by atoms with Crippen molar-refractivity contribution in [1.82, 2.24) is 9.59 Å². The number of ether oxygens (including phenoxy) is 1. The van der Waals surface area contributed by atoms with Crippen LogP contribution in [0.3, 0.4) is 0 Å². The van der Waals surface area contributed by atoms with E-state index >= 15 is 0 Å². The summed E-state index contributed by atoms with van der Waals surface area (Å²) in [5.74, 6) is -1.27. The maximum atomic E-state index is 11.8. The molecule has 0 aliphatic carbocycles. The highest BCUT2D eigenvalue weighted by molar-refractivity contribution is 7.03. The first-order valence-electron chi connectivity index (χ1n) is 5.97. The molecule has 8 nitrogen and oxygen atoms in total. The lowest BCUT2D eigenvalue weighted by molar-refractivity contribution is -0.402. The minimum Gasteiger partial charge on any atom is -0.421 e. The summed E-state index contributed by atoms with van der Waals surface area (Å²) in [7, 11) is 0. The lowest BCUT2D eigenvalue weighted by Gasteiger charge is -2.02. The Labute approximate surface area is 127 Å². The van der Waals surface area contributed by atoms with Gasteiger partial charge in [-0.15, -0.1) is 5.10 Å². The Morgan fingerprint density at radius 1 is 1.23 bits per heavy atom. The molecule has 0 spiro atoms. The van der Waals surface area contributed by atoms with Crippen molar-refractivity contribution in [2.45, 2.75) is 0 Å². The van der Waals surface area contributed by atoms with Crippen LogP contribution in [0.2, 0.25) is 0 Å². The van der Waals surface area contributed by atoms with E-state index in [1.165, 1.54) is 17.6 Å². The number of hydrogen-bond donors (Lipinski definition) is 0. The Balaban J connectivity index is 1.72. The fourth-order valence-electron chi connectivity index (χ4n) is 1.68. The van der Waals surface area contributed by atoms with Gasteiger partial charge in [0.2, 0.25) is 5.76 Å². The third kappa shape index (κ3) is 2.83. The maximum Gasteiger partial charge on any atom is 0.433 e. The van der Waals surface area contributed by atoms with Gasteiger partial charge < -0.3 is 9.15 Å². The average molecular weight is 317 g/mol. The van der Waals surface area contributed by atoms with Gasteiger partial charge in [-0.25, -0.2) is 4.79 Å². The summed E-state index contributed by atoms with van der Waals surface area (Å²) in [5.41, 5.74) is 1.56. The number of rotatable bonds is 4. The third-order valence-electron chi connectivity index (χ3n) is 2.69. The van der Waals surface area contributed by atoms with Gasteiger partial charge in [-0.3, -0.25) is 10.1 Å². The highest BCUT2D eigenvalue weighted by Crippen LogP contribution is 2.22. The molecule has 1 aromatic carbocycles. The molecule has 3 aromatic rings. The van der Waals surface area contributed by atoms with Gasteiger partial charge in [0.15, 0.2) is 0 Å². The van der Waals surface area contributed by atoms with Crippen LogP contribution in [-0.4, -0.2) is 20.5 Å². The first kappa shape index (κ1) is 13.9. The second-order valence-electron chi connectivity index (χ2n) is 4.10. The maximum absolute atomic E-state index is 11.8. The molecule has 2 aromatic heterocycles. The standard InChI is InChI=1S/C13H7N3O5S/c17-13(11-5-6-12(21-11)16(18)19)20-9-3-1-8(2-4-9)10-7-22-15-14-10/h1-7H. The molecule has 0 aliphatic heterocycles. The topological polar surface area (TPSA) is 108 Å². The molecule has 0 saturated heterocycles. The van der Waals surface area contributed by atoms with Crippen molar-refractivity contribution >= 4 is 23.4 Å². The number of esters is 1. The molecule has 0 radical (unpaired) electrons. The molecule has 2 heterocycles. The van der Waals surface area contributed by atoms with Crippen LogP contribution < -0.4 is 4.74 Å². The Hall–Kier alpha value is -3.07. The summed E-state index contributed by atoms with van der Waals surface area (Å²) < 4.78 is 13.6. The zero-order valence-electron chi connectivity index (χ0n) is 10.8. The lowest BCUT2D eigenvalue weighted by atomic mass is 10.2. The number of aromatic nitrogens is 2. The number of furan rings is 1. The smallest absolute Gasteiger partial charge is 0.421 e. The summed E-state index contributed by atoms with van der Waals surface area (Å²) in [6, 6.07) is 8.91. The highest BCUT2D eigenvalue weighted by atomic mass is 32.1. The predicted octanol–water partition coefficient (Wildman–Crippen LogP) is 2.93. The molecule has 0 fully saturated rings. The van der Waals surface area contributed by atoms with Gasteiger partial charge in [0.05, 0.1) is 6.07 Å². The lowest BCUT2D eigenvalue weighted by Crippen LogP contribution is -2.07. The largest absolute Gasteiger partial charge is 0.433 e. The van der Waals surface area contributed by atoms with Crippen LogP contribution in [0, 0.1) is 10.1 Å². The van der Waals surface area contributed by atoms with Crippen LogP contribution in [-0.2, 0) is 0 Å². The summed E-state index contributed by atoms with van der Waals surface area (Å²) in [6.45, 7) is 0. The van der Waals surface area contributed by atoms with Gasteiger partial charge in [-0.1, -0.05) is 4.49 Å². The van der Waals surface area contributed by atoms with E-state index in [9.17, 15) is 14.9 Å². The fraction of sp³-hybridized carbons (Fsp3) is 0. The number of carbonyl (C=O) groups is 1. The van der Waals surface area contributed by atoms with Gasteiger partial charge in [-0.05, 0) is 41.9 Å². The summed E-state index contributed by atoms with van der Waals surface area (Å²) in [5, 5.41) is 16.2. The zero-order valence-corrected chi connectivity index (χ0v) is 11.6.